The van der Waals surface area contributed by atoms with Gasteiger partial charge in [-0.25, -0.2) is 16.8 Å². The van der Waals surface area contributed by atoms with E-state index in [1.54, 1.807) is 0 Å². The Hall–Kier alpha value is -1.16. The summed E-state index contributed by atoms with van der Waals surface area (Å²) in [5.74, 6) is -1.86. The molecule has 0 amide bonds. The van der Waals surface area contributed by atoms with E-state index in [0.29, 0.717) is 5.02 Å². The molecule has 1 fully saturated rings. The zero-order chi connectivity index (χ0) is 16.5. The van der Waals surface area contributed by atoms with Gasteiger partial charge in [-0.05, 0) is 30.7 Å². The van der Waals surface area contributed by atoms with Crippen LogP contribution in [0, 0.1) is 0 Å². The molecule has 22 heavy (non-hydrogen) atoms. The summed E-state index contributed by atoms with van der Waals surface area (Å²) in [6.07, 6.45) is 0.0857. The lowest BCUT2D eigenvalue weighted by Gasteiger charge is -2.25. The third-order valence-electron chi connectivity index (χ3n) is 3.33. The predicted octanol–water partition coefficient (Wildman–Crippen LogP) is 0.602. The van der Waals surface area contributed by atoms with Crippen molar-refractivity contribution in [3.63, 3.8) is 0 Å². The predicted molar refractivity (Wildman–Crippen MR) is 80.0 cm³/mol. The molecule has 1 aromatic rings. The van der Waals surface area contributed by atoms with Crippen LogP contribution in [0.4, 0.5) is 0 Å². The maximum Gasteiger partial charge on any atom is 0.318 e. The average Bonchev–Trinajstić information content (AvgIpc) is 2.76. The molecule has 1 aromatic carbocycles. The second-order valence-electron chi connectivity index (χ2n) is 4.95. The first-order chi connectivity index (χ1) is 10.1. The Labute approximate surface area is 133 Å². The van der Waals surface area contributed by atoms with Crippen molar-refractivity contribution < 1.29 is 26.7 Å². The van der Waals surface area contributed by atoms with Crippen LogP contribution >= 0.6 is 11.6 Å². The van der Waals surface area contributed by atoms with Crippen LogP contribution in [-0.2, 0) is 24.7 Å². The molecule has 0 aromatic heterocycles. The van der Waals surface area contributed by atoms with Crippen molar-refractivity contribution in [3.05, 3.63) is 29.3 Å². The first kappa shape index (κ1) is 17.2. The molecule has 0 unspecified atom stereocenters. The molecule has 2 rings (SSSR count). The van der Waals surface area contributed by atoms with Crippen LogP contribution in [0.5, 0.6) is 0 Å². The van der Waals surface area contributed by atoms with E-state index in [9.17, 15) is 21.6 Å². The van der Waals surface area contributed by atoms with Gasteiger partial charge in [0, 0.05) is 11.1 Å². The lowest BCUT2D eigenvalue weighted by Crippen LogP contribution is -2.44. The van der Waals surface area contributed by atoms with E-state index in [1.165, 1.54) is 24.3 Å². The maximum absolute atomic E-state index is 12.6. The fourth-order valence-corrected chi connectivity index (χ4v) is 5.84. The third kappa shape index (κ3) is 3.78. The Bertz CT molecular complexity index is 772. The number of hydrogen-bond acceptors (Lipinski definition) is 5. The van der Waals surface area contributed by atoms with Crippen LogP contribution < -0.4 is 0 Å². The topological polar surface area (TPSA) is 109 Å². The number of hydrogen-bond donors (Lipinski definition) is 1. The van der Waals surface area contributed by atoms with Gasteiger partial charge >= 0.3 is 5.97 Å². The van der Waals surface area contributed by atoms with Gasteiger partial charge in [0.2, 0.25) is 10.0 Å². The second-order valence-corrected chi connectivity index (χ2v) is 9.51. The molecule has 0 radical (unpaired) electrons. The maximum atomic E-state index is 12.6. The third-order valence-corrected chi connectivity index (χ3v) is 7.24. The van der Waals surface area contributed by atoms with E-state index in [-0.39, 0.29) is 22.8 Å². The fraction of sp³-hybridized carbons (Fsp3) is 0.417. The van der Waals surface area contributed by atoms with Crippen LogP contribution in [0.3, 0.4) is 0 Å². The van der Waals surface area contributed by atoms with Crippen molar-refractivity contribution >= 4 is 37.4 Å². The lowest BCUT2D eigenvalue weighted by molar-refractivity contribution is -0.137. The van der Waals surface area contributed by atoms with Gasteiger partial charge in [-0.1, -0.05) is 11.6 Å². The highest BCUT2D eigenvalue weighted by Crippen LogP contribution is 2.25. The summed E-state index contributed by atoms with van der Waals surface area (Å²) in [5.41, 5.74) is 0. The molecule has 1 aliphatic rings. The molecule has 122 valence electrons. The van der Waals surface area contributed by atoms with Crippen LogP contribution in [0.2, 0.25) is 5.02 Å². The molecule has 1 atom stereocenters. The van der Waals surface area contributed by atoms with Crippen molar-refractivity contribution in [2.24, 2.45) is 0 Å². The first-order valence-electron chi connectivity index (χ1n) is 6.31. The lowest BCUT2D eigenvalue weighted by atomic mass is 10.2. The van der Waals surface area contributed by atoms with E-state index in [4.69, 9.17) is 16.7 Å². The zero-order valence-electron chi connectivity index (χ0n) is 11.3. The number of halogens is 1. The standard InChI is InChI=1S/C12H14ClNO6S2/c13-9-1-3-11(4-2-9)22(19,20)14(7-12(15)16)10-5-6-21(17,18)8-10/h1-4,10H,5-8H2,(H,15,16)/t10-/m1/s1. The molecule has 0 saturated carbocycles. The van der Waals surface area contributed by atoms with Gasteiger partial charge in [0.05, 0.1) is 16.4 Å². The van der Waals surface area contributed by atoms with Gasteiger partial charge in [-0.15, -0.1) is 0 Å². The summed E-state index contributed by atoms with van der Waals surface area (Å²) in [6.45, 7) is -0.787. The minimum absolute atomic E-state index is 0.0857. The van der Waals surface area contributed by atoms with Crippen molar-refractivity contribution in [3.8, 4) is 0 Å². The first-order valence-corrected chi connectivity index (χ1v) is 9.95. The molecule has 1 saturated heterocycles. The number of rotatable bonds is 5. The summed E-state index contributed by atoms with van der Waals surface area (Å²) in [7, 11) is -7.46. The van der Waals surface area contributed by atoms with Crippen LogP contribution in [0.25, 0.3) is 0 Å². The molecule has 1 aliphatic heterocycles. The minimum Gasteiger partial charge on any atom is -0.480 e. The number of sulfonamides is 1. The number of carboxylic acid groups (broad SMARTS) is 1. The van der Waals surface area contributed by atoms with Crippen molar-refractivity contribution in [1.29, 1.82) is 0 Å². The number of carbonyl (C=O) groups is 1. The summed E-state index contributed by atoms with van der Waals surface area (Å²) < 4.78 is 49.0. The Morgan fingerprint density at radius 3 is 2.36 bits per heavy atom. The number of carboxylic acids is 1. The largest absolute Gasteiger partial charge is 0.480 e. The summed E-state index contributed by atoms with van der Waals surface area (Å²) in [5, 5.41) is 9.29. The highest BCUT2D eigenvalue weighted by molar-refractivity contribution is 7.92. The summed E-state index contributed by atoms with van der Waals surface area (Å²) in [4.78, 5) is 10.9. The normalized spacial score (nSPS) is 21.1. The van der Waals surface area contributed by atoms with Gasteiger partial charge in [0.1, 0.15) is 6.54 Å². The van der Waals surface area contributed by atoms with Crippen LogP contribution in [-0.4, -0.2) is 56.3 Å². The molecule has 0 bridgehead atoms. The van der Waals surface area contributed by atoms with Crippen LogP contribution in [0.15, 0.2) is 29.2 Å². The van der Waals surface area contributed by atoms with Crippen molar-refractivity contribution in [1.82, 2.24) is 4.31 Å². The van der Waals surface area contributed by atoms with E-state index in [0.717, 1.165) is 4.31 Å². The van der Waals surface area contributed by atoms with Gasteiger partial charge in [0.15, 0.2) is 9.84 Å². The Morgan fingerprint density at radius 2 is 1.91 bits per heavy atom. The summed E-state index contributed by atoms with van der Waals surface area (Å²) in [6, 6.07) is 4.39. The molecule has 1 N–H and O–H groups in total. The van der Waals surface area contributed by atoms with E-state index in [2.05, 4.69) is 0 Å². The van der Waals surface area contributed by atoms with Crippen molar-refractivity contribution in [2.75, 3.05) is 18.1 Å². The van der Waals surface area contributed by atoms with Gasteiger partial charge in [-0.3, -0.25) is 4.79 Å². The molecule has 10 heteroatoms. The molecule has 0 aliphatic carbocycles. The monoisotopic (exact) mass is 367 g/mol. The summed E-state index contributed by atoms with van der Waals surface area (Å²) >= 11 is 5.71. The Morgan fingerprint density at radius 1 is 1.32 bits per heavy atom. The van der Waals surface area contributed by atoms with Gasteiger partial charge in [0.25, 0.3) is 0 Å². The molecule has 7 nitrogen and oxygen atoms in total. The average molecular weight is 368 g/mol. The number of benzene rings is 1. The fourth-order valence-electron chi connectivity index (χ4n) is 2.29. The minimum atomic E-state index is -4.12. The highest BCUT2D eigenvalue weighted by Gasteiger charge is 2.39. The Balaban J connectivity index is 2.40. The molecule has 0 spiro atoms. The highest BCUT2D eigenvalue weighted by atomic mass is 35.5. The molecular formula is C12H14ClNO6S2. The number of aliphatic carboxylic acids is 1. The molecule has 1 heterocycles. The number of sulfone groups is 1. The Kier molecular flexibility index (Phi) is 4.81. The smallest absolute Gasteiger partial charge is 0.318 e. The quantitative estimate of drug-likeness (QED) is 0.816. The van der Waals surface area contributed by atoms with Gasteiger partial charge < -0.3 is 5.11 Å². The number of nitrogens with zero attached hydrogens (tertiary/aromatic N) is 1. The van der Waals surface area contributed by atoms with Crippen LogP contribution in [0.1, 0.15) is 6.42 Å². The van der Waals surface area contributed by atoms with Crippen molar-refractivity contribution in [2.45, 2.75) is 17.4 Å². The second kappa shape index (κ2) is 6.15. The van der Waals surface area contributed by atoms with E-state index in [1.807, 2.05) is 0 Å². The van der Waals surface area contributed by atoms with E-state index >= 15 is 0 Å². The zero-order valence-corrected chi connectivity index (χ0v) is 13.7. The van der Waals surface area contributed by atoms with E-state index < -0.39 is 38.4 Å². The molecular weight excluding hydrogens is 354 g/mol. The van der Waals surface area contributed by atoms with Gasteiger partial charge in [-0.2, -0.15) is 4.31 Å². The SMILES string of the molecule is O=C(O)CN([C@@H]1CCS(=O)(=O)C1)S(=O)(=O)c1ccc(Cl)cc1.